The van der Waals surface area contributed by atoms with Gasteiger partial charge in [0.2, 0.25) is 5.58 Å². The first-order valence-electron chi connectivity index (χ1n) is 11.8. The molecule has 10 nitrogen and oxygen atoms in total. The molecule has 0 bridgehead atoms. The molecule has 38 heavy (non-hydrogen) atoms. The third-order valence-electron chi connectivity index (χ3n) is 5.74. The number of methoxy groups -OCH3 is 3. The fourth-order valence-corrected chi connectivity index (χ4v) is 3.84. The van der Waals surface area contributed by atoms with Crippen LogP contribution >= 0.6 is 0 Å². The quantitative estimate of drug-likeness (QED) is 0.340. The topological polar surface area (TPSA) is 130 Å². The zero-order valence-electron chi connectivity index (χ0n) is 21.8. The molecule has 10 heteroatoms. The normalized spacial score (nSPS) is 11.3. The van der Waals surface area contributed by atoms with E-state index in [9.17, 15) is 14.4 Å². The maximum atomic E-state index is 11.7. The Bertz CT molecular complexity index is 1410. The first kappa shape index (κ1) is 28.0. The molecule has 2 heterocycles. The molecular weight excluding hydrogens is 492 g/mol. The highest BCUT2D eigenvalue weighted by Gasteiger charge is 2.24. The van der Waals surface area contributed by atoms with E-state index in [1.165, 1.54) is 19.4 Å². The summed E-state index contributed by atoms with van der Waals surface area (Å²) in [5, 5.41) is 0. The van der Waals surface area contributed by atoms with Crippen LogP contribution in [0.1, 0.15) is 37.3 Å². The predicted octanol–water partition coefficient (Wildman–Crippen LogP) is 4.06. The molecular formula is C28H30N2O8. The lowest BCUT2D eigenvalue weighted by Gasteiger charge is -2.25. The van der Waals surface area contributed by atoms with Crippen molar-refractivity contribution in [3.8, 4) is 17.2 Å². The summed E-state index contributed by atoms with van der Waals surface area (Å²) in [7, 11) is 4.69. The minimum atomic E-state index is -0.825. The summed E-state index contributed by atoms with van der Waals surface area (Å²) in [6.45, 7) is 3.72. The number of hydrogen-bond donors (Lipinski definition) is 1. The number of nitrogens with one attached hydrogen (secondary N) is 1. The molecule has 1 atom stereocenters. The van der Waals surface area contributed by atoms with E-state index in [-0.39, 0.29) is 29.1 Å². The second-order valence-electron chi connectivity index (χ2n) is 8.11. The van der Waals surface area contributed by atoms with Gasteiger partial charge in [-0.05, 0) is 42.3 Å². The smallest absolute Gasteiger partial charge is 0.419 e. The zero-order valence-corrected chi connectivity index (χ0v) is 21.8. The van der Waals surface area contributed by atoms with Gasteiger partial charge in [0.1, 0.15) is 17.6 Å². The van der Waals surface area contributed by atoms with Crippen LogP contribution in [0.3, 0.4) is 0 Å². The summed E-state index contributed by atoms with van der Waals surface area (Å²) >= 11 is 0. The second-order valence-corrected chi connectivity index (χ2v) is 8.11. The van der Waals surface area contributed by atoms with Crippen LogP contribution in [-0.4, -0.2) is 43.4 Å². The number of fused-ring (bicyclic) bond motifs is 1. The average Bonchev–Trinajstić information content (AvgIpc) is 2.94. The van der Waals surface area contributed by atoms with E-state index in [1.807, 2.05) is 60.4 Å². The van der Waals surface area contributed by atoms with Crippen LogP contribution in [0.15, 0.2) is 74.8 Å². The van der Waals surface area contributed by atoms with Crippen LogP contribution in [0, 0.1) is 0 Å². The first-order valence-corrected chi connectivity index (χ1v) is 11.8. The summed E-state index contributed by atoms with van der Waals surface area (Å²) < 4.78 is 25.7. The van der Waals surface area contributed by atoms with Crippen molar-refractivity contribution in [1.29, 1.82) is 0 Å². The summed E-state index contributed by atoms with van der Waals surface area (Å²) in [5.41, 5.74) is 1.65. The minimum Gasteiger partial charge on any atom is -0.497 e. The molecule has 0 spiro atoms. The van der Waals surface area contributed by atoms with Crippen LogP contribution in [0.4, 0.5) is 0 Å². The van der Waals surface area contributed by atoms with Crippen molar-refractivity contribution in [2.24, 2.45) is 0 Å². The van der Waals surface area contributed by atoms with Crippen molar-refractivity contribution in [2.75, 3.05) is 21.3 Å². The monoisotopic (exact) mass is 522 g/mol. The van der Waals surface area contributed by atoms with Gasteiger partial charge in [-0.2, -0.15) is 0 Å². The number of rotatable bonds is 8. The molecule has 0 aliphatic heterocycles. The number of carbonyl (C=O) groups is 1. The van der Waals surface area contributed by atoms with Gasteiger partial charge in [0.25, 0.3) is 5.56 Å². The lowest BCUT2D eigenvalue weighted by Crippen LogP contribution is -2.23. The third-order valence-corrected chi connectivity index (χ3v) is 5.74. The summed E-state index contributed by atoms with van der Waals surface area (Å²) in [6.07, 6.45) is 1.48. The molecule has 0 amide bonds. The van der Waals surface area contributed by atoms with Crippen molar-refractivity contribution < 1.29 is 28.2 Å². The van der Waals surface area contributed by atoms with Gasteiger partial charge in [0.05, 0.1) is 21.3 Å². The Morgan fingerprint density at radius 1 is 0.895 bits per heavy atom. The van der Waals surface area contributed by atoms with Crippen molar-refractivity contribution in [3.05, 3.63) is 92.8 Å². The number of benzene rings is 2. The molecule has 1 N–H and O–H groups in total. The summed E-state index contributed by atoms with van der Waals surface area (Å²) in [6, 6.07) is 17.2. The van der Waals surface area contributed by atoms with Crippen LogP contribution < -0.4 is 25.5 Å². The van der Waals surface area contributed by atoms with Gasteiger partial charge in [-0.15, -0.1) is 0 Å². The predicted molar refractivity (Wildman–Crippen MR) is 141 cm³/mol. The average molecular weight is 523 g/mol. The summed E-state index contributed by atoms with van der Waals surface area (Å²) in [5.74, 6) is 0.815. The van der Waals surface area contributed by atoms with Gasteiger partial charge in [0, 0.05) is 24.6 Å². The number of ether oxygens (including phenoxy) is 4. The maximum Gasteiger partial charge on any atom is 0.419 e. The Morgan fingerprint density at radius 3 is 1.92 bits per heavy atom. The number of esters is 1. The number of carbonyl (C=O) groups excluding carboxylic acids is 1. The molecule has 1 unspecified atom stereocenters. The number of aromatic amines is 1. The largest absolute Gasteiger partial charge is 0.497 e. The molecule has 0 saturated heterocycles. The van der Waals surface area contributed by atoms with Gasteiger partial charge in [-0.25, -0.2) is 9.78 Å². The van der Waals surface area contributed by atoms with E-state index in [4.69, 9.17) is 23.4 Å². The van der Waals surface area contributed by atoms with Crippen LogP contribution in [0.2, 0.25) is 0 Å². The highest BCUT2D eigenvalue weighted by Crippen LogP contribution is 2.32. The highest BCUT2D eigenvalue weighted by atomic mass is 16.5. The molecule has 0 aliphatic carbocycles. The molecule has 0 saturated carbocycles. The summed E-state index contributed by atoms with van der Waals surface area (Å²) in [4.78, 5) is 39.6. The lowest BCUT2D eigenvalue weighted by atomic mass is 9.87. The van der Waals surface area contributed by atoms with Crippen molar-refractivity contribution in [2.45, 2.75) is 32.3 Å². The van der Waals surface area contributed by atoms with Gasteiger partial charge in [-0.3, -0.25) is 14.6 Å². The molecule has 0 fully saturated rings. The third kappa shape index (κ3) is 6.78. The number of aromatic nitrogens is 2. The Hall–Kier alpha value is -4.60. The van der Waals surface area contributed by atoms with Crippen molar-refractivity contribution in [1.82, 2.24) is 9.97 Å². The Labute approximate surface area is 219 Å². The van der Waals surface area contributed by atoms with E-state index >= 15 is 0 Å². The van der Waals surface area contributed by atoms with Crippen LogP contribution in [0.5, 0.6) is 17.2 Å². The number of H-pyrrole nitrogens is 1. The number of pyridine rings is 1. The van der Waals surface area contributed by atoms with Gasteiger partial charge < -0.3 is 23.4 Å². The van der Waals surface area contributed by atoms with Crippen LogP contribution in [-0.2, 0) is 9.53 Å². The fourth-order valence-electron chi connectivity index (χ4n) is 3.84. The van der Waals surface area contributed by atoms with Gasteiger partial charge >= 0.3 is 11.7 Å². The lowest BCUT2D eigenvalue weighted by molar-refractivity contribution is -0.148. The molecule has 0 radical (unpaired) electrons. The zero-order chi connectivity index (χ0) is 27.7. The molecule has 0 aliphatic rings. The minimum absolute atomic E-state index is 0.0453. The highest BCUT2D eigenvalue weighted by molar-refractivity contribution is 5.77. The van der Waals surface area contributed by atoms with Crippen molar-refractivity contribution >= 4 is 17.1 Å². The SMILES string of the molecule is CCC(=O)OC(C)C(c1ccc(OC)cc1)c1ccc(OC)cc1.COc1ccnc2c(=O)[nH]c(=O)oc12. The fraction of sp³-hybridized carbons (Fsp3) is 0.286. The second kappa shape index (κ2) is 13.1. The Kier molecular flexibility index (Phi) is 9.64. The Balaban J connectivity index is 0.000000241. The van der Waals surface area contributed by atoms with E-state index in [1.54, 1.807) is 21.1 Å². The Morgan fingerprint density at radius 2 is 1.45 bits per heavy atom. The van der Waals surface area contributed by atoms with Gasteiger partial charge in [-0.1, -0.05) is 31.2 Å². The van der Waals surface area contributed by atoms with E-state index in [2.05, 4.69) is 4.98 Å². The van der Waals surface area contributed by atoms with E-state index in [0.717, 1.165) is 22.6 Å². The van der Waals surface area contributed by atoms with E-state index < -0.39 is 11.3 Å². The molecule has 4 aromatic rings. The van der Waals surface area contributed by atoms with Gasteiger partial charge in [0.15, 0.2) is 11.3 Å². The molecule has 2 aromatic carbocycles. The molecule has 4 rings (SSSR count). The van der Waals surface area contributed by atoms with Crippen LogP contribution in [0.25, 0.3) is 11.1 Å². The first-order chi connectivity index (χ1) is 18.3. The van der Waals surface area contributed by atoms with Crippen molar-refractivity contribution in [3.63, 3.8) is 0 Å². The number of hydrogen-bond acceptors (Lipinski definition) is 9. The molecule has 2 aromatic heterocycles. The number of nitrogens with zero attached hydrogens (tertiary/aromatic N) is 1. The van der Waals surface area contributed by atoms with E-state index in [0.29, 0.717) is 12.2 Å². The maximum absolute atomic E-state index is 11.7. The standard InChI is InChI=1S/C20H24O4.C8H6N2O4/c1-5-19(21)24-14(2)20(15-6-10-17(22-3)11-7-15)16-8-12-18(23-4)13-9-16;1-13-4-2-3-9-5-6(4)14-8(12)10-7(5)11/h6-14,20H,5H2,1-4H3;2-3H,1H3,(H,10,11,12). The molecule has 200 valence electrons.